The highest BCUT2D eigenvalue weighted by molar-refractivity contribution is 5.35. The van der Waals surface area contributed by atoms with Crippen LogP contribution in [0.5, 0.6) is 0 Å². The SMILES string of the molecule is c1cc([C@@H]2CN3CCNCC3CO2)cc(-n2cnnn2)c1. The molecule has 2 saturated heterocycles. The lowest BCUT2D eigenvalue weighted by atomic mass is 10.0. The Labute approximate surface area is 122 Å². The molecule has 2 atom stereocenters. The number of fused-ring (bicyclic) bond motifs is 1. The van der Waals surface area contributed by atoms with E-state index in [2.05, 4.69) is 37.9 Å². The Bertz CT molecular complexity index is 601. The van der Waals surface area contributed by atoms with Crippen LogP contribution in [0.1, 0.15) is 11.7 Å². The summed E-state index contributed by atoms with van der Waals surface area (Å²) < 4.78 is 7.73. The molecule has 1 unspecified atom stereocenters. The number of morpholine rings is 1. The average Bonchev–Trinajstić information content (AvgIpc) is 3.09. The van der Waals surface area contributed by atoms with Crippen molar-refractivity contribution in [3.8, 4) is 5.69 Å². The molecule has 2 aromatic rings. The second kappa shape index (κ2) is 5.51. The number of aromatic nitrogens is 4. The number of tetrazole rings is 1. The zero-order valence-electron chi connectivity index (χ0n) is 11.7. The van der Waals surface area contributed by atoms with Crippen LogP contribution in [0, 0.1) is 0 Å². The van der Waals surface area contributed by atoms with Gasteiger partial charge in [-0.2, -0.15) is 0 Å². The minimum Gasteiger partial charge on any atom is -0.371 e. The number of nitrogens with zero attached hydrogens (tertiary/aromatic N) is 5. The normalized spacial score (nSPS) is 26.5. The minimum atomic E-state index is 0.121. The monoisotopic (exact) mass is 286 g/mol. The predicted molar refractivity (Wildman–Crippen MR) is 76.1 cm³/mol. The van der Waals surface area contributed by atoms with Crippen molar-refractivity contribution in [3.63, 3.8) is 0 Å². The first kappa shape index (κ1) is 12.9. The van der Waals surface area contributed by atoms with Crippen molar-refractivity contribution in [1.82, 2.24) is 30.4 Å². The maximum atomic E-state index is 6.06. The van der Waals surface area contributed by atoms with E-state index in [1.165, 1.54) is 5.56 Å². The summed E-state index contributed by atoms with van der Waals surface area (Å²) in [5, 5.41) is 14.7. The van der Waals surface area contributed by atoms with E-state index in [0.717, 1.165) is 38.5 Å². The van der Waals surface area contributed by atoms with Crippen LogP contribution in [0.4, 0.5) is 0 Å². The van der Waals surface area contributed by atoms with Gasteiger partial charge in [-0.25, -0.2) is 4.68 Å². The standard InChI is InChI=1S/C14H18N6O/c1-2-11(6-12(3-1)20-10-16-17-18-20)14-8-19-5-4-15-7-13(19)9-21-14/h1-3,6,10,13-15H,4-5,7-9H2/t13?,14-/m0/s1. The van der Waals surface area contributed by atoms with Crippen LogP contribution in [0.25, 0.3) is 5.69 Å². The fraction of sp³-hybridized carbons (Fsp3) is 0.500. The first-order valence-electron chi connectivity index (χ1n) is 7.30. The van der Waals surface area contributed by atoms with Crippen LogP contribution in [0.3, 0.4) is 0 Å². The Kier molecular flexibility index (Phi) is 3.38. The summed E-state index contributed by atoms with van der Waals surface area (Å²) in [7, 11) is 0. The molecule has 2 aliphatic heterocycles. The van der Waals surface area contributed by atoms with Gasteiger partial charge in [-0.15, -0.1) is 5.10 Å². The van der Waals surface area contributed by atoms with Gasteiger partial charge in [0.1, 0.15) is 6.33 Å². The maximum Gasteiger partial charge on any atom is 0.143 e. The molecule has 0 aliphatic carbocycles. The highest BCUT2D eigenvalue weighted by Gasteiger charge is 2.31. The Balaban J connectivity index is 1.55. The smallest absolute Gasteiger partial charge is 0.143 e. The van der Waals surface area contributed by atoms with Gasteiger partial charge < -0.3 is 10.1 Å². The summed E-state index contributed by atoms with van der Waals surface area (Å²) in [5.41, 5.74) is 2.14. The van der Waals surface area contributed by atoms with E-state index in [9.17, 15) is 0 Å². The molecule has 0 bridgehead atoms. The molecular weight excluding hydrogens is 268 g/mol. The molecule has 2 fully saturated rings. The lowest BCUT2D eigenvalue weighted by Gasteiger charge is -2.42. The van der Waals surface area contributed by atoms with E-state index < -0.39 is 0 Å². The summed E-state index contributed by atoms with van der Waals surface area (Å²) in [4.78, 5) is 2.52. The Morgan fingerprint density at radius 1 is 1.33 bits per heavy atom. The molecule has 21 heavy (non-hydrogen) atoms. The van der Waals surface area contributed by atoms with Gasteiger partial charge in [0.25, 0.3) is 0 Å². The second-order valence-electron chi connectivity index (χ2n) is 5.52. The molecule has 1 N–H and O–H groups in total. The van der Waals surface area contributed by atoms with Gasteiger partial charge in [0, 0.05) is 32.2 Å². The van der Waals surface area contributed by atoms with Crippen molar-refractivity contribution in [2.24, 2.45) is 0 Å². The third kappa shape index (κ3) is 2.55. The number of benzene rings is 1. The van der Waals surface area contributed by atoms with Gasteiger partial charge in [0.2, 0.25) is 0 Å². The Morgan fingerprint density at radius 3 is 3.24 bits per heavy atom. The van der Waals surface area contributed by atoms with Crippen LogP contribution in [-0.4, -0.2) is 63.9 Å². The molecule has 0 saturated carbocycles. The number of hydrogen-bond acceptors (Lipinski definition) is 6. The molecule has 3 heterocycles. The van der Waals surface area contributed by atoms with E-state index in [1.807, 2.05) is 12.1 Å². The van der Waals surface area contributed by atoms with Crippen molar-refractivity contribution in [3.05, 3.63) is 36.2 Å². The van der Waals surface area contributed by atoms with Gasteiger partial charge in [-0.05, 0) is 28.1 Å². The molecular formula is C14H18N6O. The van der Waals surface area contributed by atoms with E-state index in [-0.39, 0.29) is 6.10 Å². The van der Waals surface area contributed by atoms with E-state index in [4.69, 9.17) is 4.74 Å². The Morgan fingerprint density at radius 2 is 2.33 bits per heavy atom. The average molecular weight is 286 g/mol. The van der Waals surface area contributed by atoms with Crippen LogP contribution < -0.4 is 5.32 Å². The molecule has 7 nitrogen and oxygen atoms in total. The summed E-state index contributed by atoms with van der Waals surface area (Å²) in [5.74, 6) is 0. The van der Waals surface area contributed by atoms with E-state index >= 15 is 0 Å². The van der Waals surface area contributed by atoms with Gasteiger partial charge in [0.15, 0.2) is 0 Å². The molecule has 2 aliphatic rings. The zero-order chi connectivity index (χ0) is 14.1. The van der Waals surface area contributed by atoms with Crippen LogP contribution in [0.15, 0.2) is 30.6 Å². The quantitative estimate of drug-likeness (QED) is 0.838. The fourth-order valence-corrected chi connectivity index (χ4v) is 3.05. The highest BCUT2D eigenvalue weighted by atomic mass is 16.5. The summed E-state index contributed by atoms with van der Waals surface area (Å²) in [6.07, 6.45) is 1.73. The van der Waals surface area contributed by atoms with Crippen molar-refractivity contribution < 1.29 is 4.74 Å². The summed E-state index contributed by atoms with van der Waals surface area (Å²) in [6.45, 7) is 4.92. The van der Waals surface area contributed by atoms with Crippen molar-refractivity contribution in [2.45, 2.75) is 12.1 Å². The van der Waals surface area contributed by atoms with Crippen LogP contribution in [0.2, 0.25) is 0 Å². The number of hydrogen-bond donors (Lipinski definition) is 1. The minimum absolute atomic E-state index is 0.121. The van der Waals surface area contributed by atoms with Crippen LogP contribution in [-0.2, 0) is 4.74 Å². The third-order valence-electron chi connectivity index (χ3n) is 4.22. The maximum absolute atomic E-state index is 6.06. The first-order chi connectivity index (χ1) is 10.4. The van der Waals surface area contributed by atoms with Gasteiger partial charge >= 0.3 is 0 Å². The van der Waals surface area contributed by atoms with E-state index in [1.54, 1.807) is 11.0 Å². The molecule has 110 valence electrons. The molecule has 1 aromatic carbocycles. The highest BCUT2D eigenvalue weighted by Crippen LogP contribution is 2.26. The molecule has 7 heteroatoms. The topological polar surface area (TPSA) is 68.1 Å². The molecule has 4 rings (SSSR count). The molecule has 0 radical (unpaired) electrons. The third-order valence-corrected chi connectivity index (χ3v) is 4.22. The summed E-state index contributed by atoms with van der Waals surface area (Å²) >= 11 is 0. The number of rotatable bonds is 2. The number of nitrogens with one attached hydrogen (secondary N) is 1. The Hall–Kier alpha value is -1.83. The zero-order valence-corrected chi connectivity index (χ0v) is 11.7. The van der Waals surface area contributed by atoms with Crippen molar-refractivity contribution in [1.29, 1.82) is 0 Å². The first-order valence-corrected chi connectivity index (χ1v) is 7.30. The molecule has 0 amide bonds. The van der Waals surface area contributed by atoms with E-state index in [0.29, 0.717) is 6.04 Å². The second-order valence-corrected chi connectivity index (χ2v) is 5.52. The largest absolute Gasteiger partial charge is 0.371 e. The fourth-order valence-electron chi connectivity index (χ4n) is 3.05. The number of ether oxygens (including phenoxy) is 1. The van der Waals surface area contributed by atoms with Crippen molar-refractivity contribution in [2.75, 3.05) is 32.8 Å². The van der Waals surface area contributed by atoms with Gasteiger partial charge in [0.05, 0.1) is 18.4 Å². The molecule has 0 spiro atoms. The predicted octanol–water partition coefficient (Wildman–Crippen LogP) is 0.00740. The summed E-state index contributed by atoms with van der Waals surface area (Å²) in [6, 6.07) is 8.75. The van der Waals surface area contributed by atoms with Gasteiger partial charge in [-0.3, -0.25) is 4.90 Å². The van der Waals surface area contributed by atoms with Crippen LogP contribution >= 0.6 is 0 Å². The lowest BCUT2D eigenvalue weighted by Crippen LogP contribution is -2.57. The molecule has 1 aromatic heterocycles. The van der Waals surface area contributed by atoms with Gasteiger partial charge in [-0.1, -0.05) is 12.1 Å². The lowest BCUT2D eigenvalue weighted by molar-refractivity contribution is -0.0717. The van der Waals surface area contributed by atoms with Crippen molar-refractivity contribution >= 4 is 0 Å². The number of piperazine rings is 1.